The van der Waals surface area contributed by atoms with Crippen LogP contribution in [0.3, 0.4) is 0 Å². The molecule has 3 rings (SSSR count). The van der Waals surface area contributed by atoms with Crippen molar-refractivity contribution in [3.05, 3.63) is 77.9 Å². The van der Waals surface area contributed by atoms with Gasteiger partial charge in [0.2, 0.25) is 0 Å². The largest absolute Gasteiger partial charge is 0.316 e. The van der Waals surface area contributed by atoms with Crippen molar-refractivity contribution in [2.24, 2.45) is 4.99 Å². The van der Waals surface area contributed by atoms with E-state index in [-0.39, 0.29) is 5.69 Å². The second kappa shape index (κ2) is 8.90. The third-order valence-electron chi connectivity index (χ3n) is 4.33. The first-order valence-electron chi connectivity index (χ1n) is 8.87. The molecule has 0 N–H and O–H groups in total. The second-order valence-corrected chi connectivity index (χ2v) is 7.98. The number of rotatable bonds is 5. The van der Waals surface area contributed by atoms with Crippen molar-refractivity contribution in [2.75, 3.05) is 0 Å². The van der Waals surface area contributed by atoms with Gasteiger partial charge in [0.15, 0.2) is 4.80 Å². The van der Waals surface area contributed by atoms with E-state index in [0.29, 0.717) is 27.0 Å². The minimum Gasteiger partial charge on any atom is -0.316 e. The molecule has 0 fully saturated rings. The first kappa shape index (κ1) is 21.2. The number of aryl methyl sites for hydroxylation is 1. The normalized spacial score (nSPS) is 11.7. The summed E-state index contributed by atoms with van der Waals surface area (Å²) in [6.07, 6.45) is 0.765. The average molecular weight is 450 g/mol. The molecule has 9 heteroatoms. The van der Waals surface area contributed by atoms with Crippen LogP contribution < -0.4 is 4.80 Å². The number of hydrogen-bond acceptors (Lipinski definition) is 4. The Morgan fingerprint density at radius 1 is 1.14 bits per heavy atom. The van der Waals surface area contributed by atoms with E-state index in [1.54, 1.807) is 12.1 Å². The highest BCUT2D eigenvalue weighted by molar-refractivity contribution is 7.09. The summed E-state index contributed by atoms with van der Waals surface area (Å²) in [4.78, 5) is 28.8. The summed E-state index contributed by atoms with van der Waals surface area (Å²) in [6, 6.07) is 10.9. The molecule has 0 aliphatic rings. The van der Waals surface area contributed by atoms with Crippen molar-refractivity contribution in [3.8, 4) is 11.3 Å². The number of non-ortho nitro benzene ring substituents is 1. The molecular formula is C20H17Cl2N3O3S. The maximum absolute atomic E-state index is 12.6. The fourth-order valence-electron chi connectivity index (χ4n) is 2.91. The number of hydrogen-bond donors (Lipinski definition) is 0. The quantitative estimate of drug-likeness (QED) is 0.367. The number of nitro groups is 1. The van der Waals surface area contributed by atoms with Gasteiger partial charge in [0.1, 0.15) is 0 Å². The van der Waals surface area contributed by atoms with Crippen LogP contribution in [0.5, 0.6) is 0 Å². The minimum absolute atomic E-state index is 0.0727. The molecule has 0 bridgehead atoms. The van der Waals surface area contributed by atoms with Gasteiger partial charge in [0, 0.05) is 34.7 Å². The van der Waals surface area contributed by atoms with Crippen molar-refractivity contribution in [3.63, 3.8) is 0 Å². The topological polar surface area (TPSA) is 77.5 Å². The zero-order chi connectivity index (χ0) is 21.1. The Balaban J connectivity index is 2.09. The summed E-state index contributed by atoms with van der Waals surface area (Å²) in [7, 11) is 0. The van der Waals surface area contributed by atoms with E-state index in [2.05, 4.69) is 4.99 Å². The van der Waals surface area contributed by atoms with Crippen LogP contribution in [0.4, 0.5) is 5.69 Å². The summed E-state index contributed by atoms with van der Waals surface area (Å²) in [5.41, 5.74) is 2.07. The van der Waals surface area contributed by atoms with Gasteiger partial charge in [-0.25, -0.2) is 0 Å². The SMILES string of the molecule is CCc1sc(=NC(=O)c2ccc([N+](=O)[O-])cc2)n(CC)c1-c1ccc(Cl)c(Cl)c1. The standard InChI is InChI=1S/C20H17Cl2N3O3S/c1-3-17-18(13-7-10-15(21)16(22)11-13)24(4-2)20(29-17)23-19(26)12-5-8-14(9-6-12)25(27)28/h5-11H,3-4H2,1-2H3. The van der Waals surface area contributed by atoms with Crippen LogP contribution in [0.15, 0.2) is 47.5 Å². The highest BCUT2D eigenvalue weighted by Crippen LogP contribution is 2.32. The van der Waals surface area contributed by atoms with Gasteiger partial charge < -0.3 is 4.57 Å². The summed E-state index contributed by atoms with van der Waals surface area (Å²) in [5.74, 6) is -0.452. The average Bonchev–Trinajstić information content (AvgIpc) is 3.07. The Bertz CT molecular complexity index is 1150. The number of aromatic nitrogens is 1. The van der Waals surface area contributed by atoms with Crippen LogP contribution in [-0.4, -0.2) is 15.4 Å². The van der Waals surface area contributed by atoms with Gasteiger partial charge >= 0.3 is 0 Å². The molecule has 0 saturated carbocycles. The molecule has 0 saturated heterocycles. The van der Waals surface area contributed by atoms with Crippen molar-refractivity contribution in [2.45, 2.75) is 26.8 Å². The van der Waals surface area contributed by atoms with Crippen molar-refractivity contribution in [1.82, 2.24) is 4.57 Å². The maximum Gasteiger partial charge on any atom is 0.279 e. The monoisotopic (exact) mass is 449 g/mol. The second-order valence-electron chi connectivity index (χ2n) is 6.10. The number of amides is 1. The van der Waals surface area contributed by atoms with Gasteiger partial charge in [-0.3, -0.25) is 14.9 Å². The Morgan fingerprint density at radius 3 is 2.38 bits per heavy atom. The van der Waals surface area contributed by atoms with Gasteiger partial charge in [0.25, 0.3) is 11.6 Å². The predicted octanol–water partition coefficient (Wildman–Crippen LogP) is 5.76. The number of halogens is 2. The van der Waals surface area contributed by atoms with Crippen LogP contribution in [-0.2, 0) is 13.0 Å². The molecule has 1 aromatic heterocycles. The lowest BCUT2D eigenvalue weighted by atomic mass is 10.1. The van der Waals surface area contributed by atoms with Crippen LogP contribution in [0.1, 0.15) is 29.1 Å². The van der Waals surface area contributed by atoms with Gasteiger partial charge in [-0.15, -0.1) is 11.3 Å². The summed E-state index contributed by atoms with van der Waals surface area (Å²) < 4.78 is 1.96. The molecule has 0 spiro atoms. The molecule has 6 nitrogen and oxygen atoms in total. The van der Waals surface area contributed by atoms with E-state index in [1.165, 1.54) is 35.6 Å². The van der Waals surface area contributed by atoms with Gasteiger partial charge in [0.05, 0.1) is 20.7 Å². The molecule has 0 unspecified atom stereocenters. The lowest BCUT2D eigenvalue weighted by Gasteiger charge is -2.09. The lowest BCUT2D eigenvalue weighted by Crippen LogP contribution is -2.17. The predicted molar refractivity (Wildman–Crippen MR) is 116 cm³/mol. The molecule has 0 aliphatic heterocycles. The smallest absolute Gasteiger partial charge is 0.279 e. The van der Waals surface area contributed by atoms with Crippen molar-refractivity contribution < 1.29 is 9.72 Å². The molecular weight excluding hydrogens is 433 g/mol. The van der Waals surface area contributed by atoms with Crippen LogP contribution in [0, 0.1) is 10.1 Å². The molecule has 3 aromatic rings. The summed E-state index contributed by atoms with van der Waals surface area (Å²) in [6.45, 7) is 4.62. The van der Waals surface area contributed by atoms with E-state index >= 15 is 0 Å². The number of nitrogens with zero attached hydrogens (tertiary/aromatic N) is 3. The van der Waals surface area contributed by atoms with E-state index in [9.17, 15) is 14.9 Å². The molecule has 0 atom stereocenters. The van der Waals surface area contributed by atoms with E-state index < -0.39 is 10.8 Å². The van der Waals surface area contributed by atoms with Crippen molar-refractivity contribution >= 4 is 46.1 Å². The van der Waals surface area contributed by atoms with E-state index in [4.69, 9.17) is 23.2 Å². The molecule has 0 aliphatic carbocycles. The zero-order valence-electron chi connectivity index (χ0n) is 15.7. The fraction of sp³-hybridized carbons (Fsp3) is 0.200. The Kier molecular flexibility index (Phi) is 6.52. The Labute approximate surface area is 181 Å². The Hall–Kier alpha value is -2.48. The van der Waals surface area contributed by atoms with Gasteiger partial charge in [-0.05, 0) is 37.6 Å². The fourth-order valence-corrected chi connectivity index (χ4v) is 4.36. The Morgan fingerprint density at radius 2 is 1.83 bits per heavy atom. The molecule has 150 valence electrons. The highest BCUT2D eigenvalue weighted by Gasteiger charge is 2.16. The van der Waals surface area contributed by atoms with Gasteiger partial charge in [-0.1, -0.05) is 36.2 Å². The number of thiazole rings is 1. The lowest BCUT2D eigenvalue weighted by molar-refractivity contribution is -0.384. The summed E-state index contributed by atoms with van der Waals surface area (Å²) >= 11 is 13.7. The first-order valence-corrected chi connectivity index (χ1v) is 10.4. The molecule has 1 amide bonds. The summed E-state index contributed by atoms with van der Waals surface area (Å²) in [5, 5.41) is 11.7. The third-order valence-corrected chi connectivity index (χ3v) is 6.29. The highest BCUT2D eigenvalue weighted by atomic mass is 35.5. The number of benzene rings is 2. The van der Waals surface area contributed by atoms with Crippen LogP contribution in [0.25, 0.3) is 11.3 Å². The van der Waals surface area contributed by atoms with Crippen molar-refractivity contribution in [1.29, 1.82) is 0 Å². The van der Waals surface area contributed by atoms with Crippen LogP contribution >= 0.6 is 34.5 Å². The first-order chi connectivity index (χ1) is 13.8. The minimum atomic E-state index is -0.507. The number of carbonyl (C=O) groups excluding carboxylic acids is 1. The zero-order valence-corrected chi connectivity index (χ0v) is 18.0. The van der Waals surface area contributed by atoms with E-state index in [1.807, 2.05) is 24.5 Å². The van der Waals surface area contributed by atoms with E-state index in [0.717, 1.165) is 22.6 Å². The number of carbonyl (C=O) groups is 1. The number of nitro benzene ring substituents is 1. The molecule has 1 heterocycles. The maximum atomic E-state index is 12.6. The van der Waals surface area contributed by atoms with Crippen LogP contribution in [0.2, 0.25) is 10.0 Å². The van der Waals surface area contributed by atoms with Gasteiger partial charge in [-0.2, -0.15) is 4.99 Å². The third kappa shape index (κ3) is 4.42. The molecule has 29 heavy (non-hydrogen) atoms. The molecule has 0 radical (unpaired) electrons. The molecule has 2 aromatic carbocycles.